The molecule has 0 saturated carbocycles. The van der Waals surface area contributed by atoms with Crippen LogP contribution in [0.25, 0.3) is 22.4 Å². The van der Waals surface area contributed by atoms with E-state index < -0.39 is 0 Å². The van der Waals surface area contributed by atoms with Gasteiger partial charge in [-0.05, 0) is 68.7 Å². The molecule has 1 aliphatic heterocycles. The molecule has 0 aliphatic carbocycles. The van der Waals surface area contributed by atoms with Gasteiger partial charge in [0.15, 0.2) is 0 Å². The number of hydrogen-bond acceptors (Lipinski definition) is 4. The summed E-state index contributed by atoms with van der Waals surface area (Å²) in [5, 5.41) is 4.40. The highest BCUT2D eigenvalue weighted by molar-refractivity contribution is 6.45. The molecule has 1 saturated heterocycles. The van der Waals surface area contributed by atoms with Gasteiger partial charge < -0.3 is 19.9 Å². The number of fused-ring (bicyclic) bond motifs is 1. The van der Waals surface area contributed by atoms with Crippen molar-refractivity contribution in [2.45, 2.75) is 19.4 Å². The molecule has 5 rings (SSSR count). The average molecular weight is 558 g/mol. The monoisotopic (exact) mass is 556 g/mol. The van der Waals surface area contributed by atoms with Gasteiger partial charge in [0.1, 0.15) is 23.2 Å². The fourth-order valence-electron chi connectivity index (χ4n) is 4.43. The second kappa shape index (κ2) is 11.3. The molecule has 9 heteroatoms. The number of imidazole rings is 1. The lowest BCUT2D eigenvalue weighted by molar-refractivity contribution is 0.0939. The van der Waals surface area contributed by atoms with E-state index in [1.165, 1.54) is 0 Å². The first kappa shape index (κ1) is 25.9. The topological polar surface area (TPSA) is 70.2 Å². The maximum absolute atomic E-state index is 12.6. The molecule has 0 spiro atoms. The molecule has 0 bridgehead atoms. The van der Waals surface area contributed by atoms with Crippen LogP contribution in [0, 0.1) is 5.92 Å². The zero-order valence-electron chi connectivity index (χ0n) is 20.4. The molecule has 0 radical (unpaired) electrons. The van der Waals surface area contributed by atoms with Crippen LogP contribution in [0.3, 0.4) is 0 Å². The first-order valence-electron chi connectivity index (χ1n) is 12.2. The van der Waals surface area contributed by atoms with E-state index in [9.17, 15) is 4.79 Å². The second-order valence-electron chi connectivity index (χ2n) is 9.43. The minimum Gasteiger partial charge on any atom is -0.487 e. The first-order valence-corrected chi connectivity index (χ1v) is 13.3. The molecule has 2 heterocycles. The zero-order valence-corrected chi connectivity index (χ0v) is 22.6. The number of H-pyrrole nitrogens is 1. The van der Waals surface area contributed by atoms with Crippen LogP contribution in [0.15, 0.2) is 54.6 Å². The van der Waals surface area contributed by atoms with Gasteiger partial charge >= 0.3 is 0 Å². The number of ether oxygens (including phenoxy) is 1. The number of nitrogens with one attached hydrogen (secondary N) is 2. The Morgan fingerprint density at radius 2 is 1.76 bits per heavy atom. The Labute approximate surface area is 230 Å². The molecule has 3 aromatic carbocycles. The third kappa shape index (κ3) is 6.04. The number of hydrogen-bond donors (Lipinski definition) is 2. The zero-order chi connectivity index (χ0) is 25.9. The molecular formula is C28H27Cl3N4O2. The average Bonchev–Trinajstić information content (AvgIpc) is 3.35. The van der Waals surface area contributed by atoms with E-state index in [-0.39, 0.29) is 5.91 Å². The van der Waals surface area contributed by atoms with Crippen molar-refractivity contribution in [3.8, 4) is 17.1 Å². The van der Waals surface area contributed by atoms with E-state index in [0.29, 0.717) is 62.3 Å². The second-order valence-corrected chi connectivity index (χ2v) is 10.6. The fourth-order valence-corrected chi connectivity index (χ4v) is 5.00. The standard InChI is InChI=1S/C28H27Cl3N4O2/c1-35-12-10-17(11-13-35)15-32-28(36)20-6-4-19(5-7-20)27-33-22-14-23(24(30)25(31)26(22)34-27)37-16-18-2-8-21(29)9-3-18/h2-9,14,17H,10-13,15-16H2,1H3,(H,32,36)(H,33,34). The highest BCUT2D eigenvalue weighted by Gasteiger charge is 2.19. The predicted octanol–water partition coefficient (Wildman–Crippen LogP) is 6.84. The van der Waals surface area contributed by atoms with Gasteiger partial charge in [-0.15, -0.1) is 0 Å². The van der Waals surface area contributed by atoms with Gasteiger partial charge in [-0.2, -0.15) is 0 Å². The molecule has 6 nitrogen and oxygen atoms in total. The van der Waals surface area contributed by atoms with E-state index in [4.69, 9.17) is 39.5 Å². The van der Waals surface area contributed by atoms with Crippen molar-refractivity contribution < 1.29 is 9.53 Å². The molecule has 0 unspecified atom stereocenters. The minimum atomic E-state index is -0.0626. The summed E-state index contributed by atoms with van der Waals surface area (Å²) in [5.41, 5.74) is 3.66. The lowest BCUT2D eigenvalue weighted by atomic mass is 9.97. The Kier molecular flexibility index (Phi) is 7.91. The van der Waals surface area contributed by atoms with Crippen LogP contribution in [0.4, 0.5) is 0 Å². The summed E-state index contributed by atoms with van der Waals surface area (Å²) in [6.07, 6.45) is 2.23. The Morgan fingerprint density at radius 1 is 1.05 bits per heavy atom. The normalized spacial score (nSPS) is 14.7. The maximum Gasteiger partial charge on any atom is 0.251 e. The number of piperidine rings is 1. The van der Waals surface area contributed by atoms with Crippen molar-refractivity contribution in [2.24, 2.45) is 5.92 Å². The minimum absolute atomic E-state index is 0.0626. The van der Waals surface area contributed by atoms with Crippen LogP contribution in [-0.4, -0.2) is 47.5 Å². The molecular weight excluding hydrogens is 531 g/mol. The number of aromatic nitrogens is 2. The van der Waals surface area contributed by atoms with Crippen LogP contribution < -0.4 is 10.1 Å². The number of rotatable bonds is 7. The highest BCUT2D eigenvalue weighted by Crippen LogP contribution is 2.39. The van der Waals surface area contributed by atoms with Gasteiger partial charge in [-0.3, -0.25) is 4.79 Å². The lowest BCUT2D eigenvalue weighted by Gasteiger charge is -2.28. The molecule has 4 aromatic rings. The van der Waals surface area contributed by atoms with Gasteiger partial charge in [0, 0.05) is 28.8 Å². The first-order chi connectivity index (χ1) is 17.9. The number of likely N-dealkylation sites (tertiary alicyclic amines) is 1. The Hall–Kier alpha value is -2.77. The number of amides is 1. The van der Waals surface area contributed by atoms with E-state index in [0.717, 1.165) is 37.1 Å². The summed E-state index contributed by atoms with van der Waals surface area (Å²) in [4.78, 5) is 22.9. The van der Waals surface area contributed by atoms with Crippen molar-refractivity contribution in [3.05, 3.63) is 80.8 Å². The van der Waals surface area contributed by atoms with E-state index in [1.807, 2.05) is 48.5 Å². The Balaban J connectivity index is 1.27. The molecule has 2 N–H and O–H groups in total. The SMILES string of the molecule is CN1CCC(CNC(=O)c2ccc(-c3nc4cc(OCc5ccc(Cl)cc5)c(Cl)c(Cl)c4[nH]3)cc2)CC1. The van der Waals surface area contributed by atoms with E-state index in [1.54, 1.807) is 6.07 Å². The molecule has 1 aromatic heterocycles. The fraction of sp³-hybridized carbons (Fsp3) is 0.286. The summed E-state index contributed by atoms with van der Waals surface area (Å²) < 4.78 is 5.92. The molecule has 1 fully saturated rings. The number of aromatic amines is 1. The van der Waals surface area contributed by atoms with Crippen molar-refractivity contribution in [2.75, 3.05) is 26.7 Å². The summed E-state index contributed by atoms with van der Waals surface area (Å²) in [5.74, 6) is 1.55. The van der Waals surface area contributed by atoms with Crippen LogP contribution in [-0.2, 0) is 6.61 Å². The number of carbonyl (C=O) groups excluding carboxylic acids is 1. The molecule has 192 valence electrons. The summed E-state index contributed by atoms with van der Waals surface area (Å²) in [6.45, 7) is 3.19. The van der Waals surface area contributed by atoms with Crippen LogP contribution >= 0.6 is 34.8 Å². The van der Waals surface area contributed by atoms with E-state index in [2.05, 4.69) is 27.2 Å². The lowest BCUT2D eigenvalue weighted by Crippen LogP contribution is -2.36. The van der Waals surface area contributed by atoms with Crippen LogP contribution in [0.1, 0.15) is 28.8 Å². The maximum atomic E-state index is 12.6. The largest absolute Gasteiger partial charge is 0.487 e. The third-order valence-corrected chi connectivity index (χ3v) is 7.85. The number of benzene rings is 3. The van der Waals surface area contributed by atoms with Crippen LogP contribution in [0.5, 0.6) is 5.75 Å². The smallest absolute Gasteiger partial charge is 0.251 e. The Bertz CT molecular complexity index is 1400. The predicted molar refractivity (Wildman–Crippen MR) is 150 cm³/mol. The highest BCUT2D eigenvalue weighted by atomic mass is 35.5. The molecule has 37 heavy (non-hydrogen) atoms. The van der Waals surface area contributed by atoms with E-state index >= 15 is 0 Å². The number of carbonyl (C=O) groups is 1. The van der Waals surface area contributed by atoms with Crippen molar-refractivity contribution >= 4 is 51.7 Å². The van der Waals surface area contributed by atoms with Gasteiger partial charge in [-0.1, -0.05) is 59.1 Å². The van der Waals surface area contributed by atoms with Gasteiger partial charge in [0.2, 0.25) is 0 Å². The summed E-state index contributed by atoms with van der Waals surface area (Å²) in [6, 6.07) is 16.5. The van der Waals surface area contributed by atoms with Crippen molar-refractivity contribution in [1.29, 1.82) is 0 Å². The molecule has 1 amide bonds. The number of halogens is 3. The molecule has 0 atom stereocenters. The van der Waals surface area contributed by atoms with Gasteiger partial charge in [0.25, 0.3) is 5.91 Å². The van der Waals surface area contributed by atoms with Gasteiger partial charge in [-0.25, -0.2) is 4.98 Å². The summed E-state index contributed by atoms with van der Waals surface area (Å²) in [7, 11) is 2.14. The Morgan fingerprint density at radius 3 is 2.46 bits per heavy atom. The van der Waals surface area contributed by atoms with Crippen LogP contribution in [0.2, 0.25) is 15.1 Å². The third-order valence-electron chi connectivity index (χ3n) is 6.75. The summed E-state index contributed by atoms with van der Waals surface area (Å²) >= 11 is 19.0. The van der Waals surface area contributed by atoms with Crippen molar-refractivity contribution in [1.82, 2.24) is 20.2 Å². The van der Waals surface area contributed by atoms with Crippen molar-refractivity contribution in [3.63, 3.8) is 0 Å². The van der Waals surface area contributed by atoms with Gasteiger partial charge in [0.05, 0.1) is 16.1 Å². The quantitative estimate of drug-likeness (QED) is 0.261. The molecule has 1 aliphatic rings. The number of nitrogens with zero attached hydrogens (tertiary/aromatic N) is 2.